The molecule has 2 aliphatic heterocycles. The van der Waals surface area contributed by atoms with E-state index in [-0.39, 0.29) is 10.6 Å². The van der Waals surface area contributed by atoms with E-state index in [1.165, 1.54) is 11.8 Å². The number of hydrogen-bond donors (Lipinski definition) is 1. The lowest BCUT2D eigenvalue weighted by atomic mass is 10.2. The monoisotopic (exact) mass is 263 g/mol. The molecule has 2 aliphatic rings. The molecule has 0 aliphatic carbocycles. The predicted octanol–water partition coefficient (Wildman–Crippen LogP) is 0.634. The Bertz CT molecular complexity index is 662. The molecule has 6 heteroatoms. The Morgan fingerprint density at radius 2 is 2.11 bits per heavy atom. The molecule has 0 atom stereocenters. The summed E-state index contributed by atoms with van der Waals surface area (Å²) in [5, 5.41) is 0. The second-order valence-electron chi connectivity index (χ2n) is 4.39. The van der Waals surface area contributed by atoms with Crippen molar-refractivity contribution in [3.63, 3.8) is 0 Å². The Balaban J connectivity index is 1.91. The summed E-state index contributed by atoms with van der Waals surface area (Å²) in [6, 6.07) is 8.01. The van der Waals surface area contributed by atoms with Gasteiger partial charge in [0.1, 0.15) is 4.91 Å². The van der Waals surface area contributed by atoms with Crippen LogP contribution in [-0.2, 0) is 16.4 Å². The first-order valence-electron chi connectivity index (χ1n) is 5.70. The molecule has 3 rings (SSSR count). The number of nitrogens with zero attached hydrogens (tertiary/aromatic N) is 2. The summed E-state index contributed by atoms with van der Waals surface area (Å²) in [7, 11) is -3.54. The zero-order chi connectivity index (χ0) is 12.8. The van der Waals surface area contributed by atoms with Gasteiger partial charge in [-0.3, -0.25) is 0 Å². The minimum atomic E-state index is -3.54. The molecule has 18 heavy (non-hydrogen) atoms. The van der Waals surface area contributed by atoms with Gasteiger partial charge in [0.25, 0.3) is 10.0 Å². The van der Waals surface area contributed by atoms with Crippen LogP contribution in [0.3, 0.4) is 0 Å². The summed E-state index contributed by atoms with van der Waals surface area (Å²) in [6.45, 7) is 1.11. The number of anilines is 1. The Labute approximate surface area is 106 Å². The van der Waals surface area contributed by atoms with Crippen molar-refractivity contribution < 1.29 is 8.42 Å². The summed E-state index contributed by atoms with van der Waals surface area (Å²) in [5.41, 5.74) is 8.25. The minimum absolute atomic E-state index is 0.208. The van der Waals surface area contributed by atoms with Crippen molar-refractivity contribution in [2.45, 2.75) is 6.42 Å². The largest absolute Gasteiger partial charge is 0.397 e. The Morgan fingerprint density at radius 3 is 2.83 bits per heavy atom. The van der Waals surface area contributed by atoms with Crippen LogP contribution in [0, 0.1) is 0 Å². The molecular weight excluding hydrogens is 250 g/mol. The first-order valence-corrected chi connectivity index (χ1v) is 7.14. The number of sulfonamides is 1. The van der Waals surface area contributed by atoms with Crippen molar-refractivity contribution in [3.05, 3.63) is 40.4 Å². The van der Waals surface area contributed by atoms with Crippen LogP contribution < -0.4 is 10.6 Å². The zero-order valence-corrected chi connectivity index (χ0v) is 10.5. The molecule has 0 bridgehead atoms. The molecule has 0 spiro atoms. The van der Waals surface area contributed by atoms with Gasteiger partial charge in [0.15, 0.2) is 0 Å². The fourth-order valence-electron chi connectivity index (χ4n) is 2.33. The highest BCUT2D eigenvalue weighted by atomic mass is 32.2. The summed E-state index contributed by atoms with van der Waals surface area (Å²) in [6.07, 6.45) is 2.15. The average Bonchev–Trinajstić information content (AvgIpc) is 2.86. The van der Waals surface area contributed by atoms with Crippen molar-refractivity contribution in [3.8, 4) is 0 Å². The van der Waals surface area contributed by atoms with Gasteiger partial charge in [-0.25, -0.2) is 0 Å². The fraction of sp³-hybridized carbons (Fsp3) is 0.250. The van der Waals surface area contributed by atoms with Crippen molar-refractivity contribution in [1.82, 2.24) is 0 Å². The van der Waals surface area contributed by atoms with Gasteiger partial charge in [0, 0.05) is 12.2 Å². The Morgan fingerprint density at radius 1 is 1.33 bits per heavy atom. The maximum absolute atomic E-state index is 11.7. The first kappa shape index (κ1) is 11.3. The number of hydrogen-bond acceptors (Lipinski definition) is 4. The molecule has 2 N–H and O–H groups in total. The molecule has 0 amide bonds. The van der Waals surface area contributed by atoms with Gasteiger partial charge < -0.3 is 10.6 Å². The summed E-state index contributed by atoms with van der Waals surface area (Å²) in [4.78, 5) is 2.24. The molecule has 0 aromatic heterocycles. The van der Waals surface area contributed by atoms with Crippen molar-refractivity contribution in [2.75, 3.05) is 18.0 Å². The molecular formula is C12H13N3O2S. The molecule has 0 unspecified atom stereocenters. The molecule has 94 valence electrons. The third-order valence-electron chi connectivity index (χ3n) is 3.28. The fourth-order valence-corrected chi connectivity index (χ4v) is 3.38. The van der Waals surface area contributed by atoms with Crippen LogP contribution in [0.15, 0.2) is 39.3 Å². The van der Waals surface area contributed by atoms with E-state index in [2.05, 4.69) is 10.5 Å². The van der Waals surface area contributed by atoms with Crippen molar-refractivity contribution >= 4 is 21.9 Å². The van der Waals surface area contributed by atoms with Gasteiger partial charge in [0.05, 0.1) is 18.5 Å². The SMILES string of the molecule is NC1=C(CN2CCc3ccccc32)S(=O)(=O)N=C1. The molecule has 1 aromatic carbocycles. The second-order valence-corrected chi connectivity index (χ2v) is 6.04. The highest BCUT2D eigenvalue weighted by Gasteiger charge is 2.29. The average molecular weight is 263 g/mol. The molecule has 0 fully saturated rings. The maximum Gasteiger partial charge on any atom is 0.282 e. The molecule has 2 heterocycles. The van der Waals surface area contributed by atoms with Crippen LogP contribution in [-0.4, -0.2) is 27.7 Å². The smallest absolute Gasteiger partial charge is 0.282 e. The van der Waals surface area contributed by atoms with Crippen LogP contribution in [0.25, 0.3) is 0 Å². The van der Waals surface area contributed by atoms with E-state index >= 15 is 0 Å². The lowest BCUT2D eigenvalue weighted by Crippen LogP contribution is -2.26. The molecule has 1 aromatic rings. The lowest BCUT2D eigenvalue weighted by Gasteiger charge is -2.19. The van der Waals surface area contributed by atoms with Crippen LogP contribution in [0.1, 0.15) is 5.56 Å². The minimum Gasteiger partial charge on any atom is -0.397 e. The van der Waals surface area contributed by atoms with Gasteiger partial charge in [-0.05, 0) is 18.1 Å². The standard InChI is InChI=1S/C12H13N3O2S/c13-10-7-14-18(16,17)12(10)8-15-6-5-9-3-1-2-4-11(9)15/h1-4,7H,5-6,8,13H2. The third kappa shape index (κ3) is 1.69. The van der Waals surface area contributed by atoms with Crippen LogP contribution in [0.5, 0.6) is 0 Å². The van der Waals surface area contributed by atoms with E-state index in [0.717, 1.165) is 18.7 Å². The molecule has 0 saturated carbocycles. The number of rotatable bonds is 2. The van der Waals surface area contributed by atoms with Crippen molar-refractivity contribution in [1.29, 1.82) is 0 Å². The Hall–Kier alpha value is -1.82. The number of benzene rings is 1. The zero-order valence-electron chi connectivity index (χ0n) is 9.70. The highest BCUT2D eigenvalue weighted by molar-refractivity contribution is 7.94. The van der Waals surface area contributed by atoms with Crippen LogP contribution >= 0.6 is 0 Å². The number of allylic oxidation sites excluding steroid dienone is 1. The second kappa shape index (κ2) is 3.84. The predicted molar refractivity (Wildman–Crippen MR) is 71.0 cm³/mol. The van der Waals surface area contributed by atoms with E-state index < -0.39 is 10.0 Å². The maximum atomic E-state index is 11.7. The normalized spacial score (nSPS) is 20.6. The van der Waals surface area contributed by atoms with E-state index in [1.807, 2.05) is 23.1 Å². The summed E-state index contributed by atoms with van der Waals surface area (Å²) in [5.74, 6) is 0. The van der Waals surface area contributed by atoms with Gasteiger partial charge >= 0.3 is 0 Å². The van der Waals surface area contributed by atoms with E-state index in [4.69, 9.17) is 5.73 Å². The highest BCUT2D eigenvalue weighted by Crippen LogP contribution is 2.30. The number of nitrogens with two attached hydrogens (primary N) is 1. The number of para-hydroxylation sites is 1. The quantitative estimate of drug-likeness (QED) is 0.849. The molecule has 0 saturated heterocycles. The van der Waals surface area contributed by atoms with Gasteiger partial charge in [-0.2, -0.15) is 12.8 Å². The van der Waals surface area contributed by atoms with E-state index in [1.54, 1.807) is 0 Å². The Kier molecular flexibility index (Phi) is 2.41. The first-order chi connectivity index (χ1) is 8.58. The summed E-state index contributed by atoms with van der Waals surface area (Å²) >= 11 is 0. The molecule has 0 radical (unpaired) electrons. The molecule has 5 nitrogen and oxygen atoms in total. The van der Waals surface area contributed by atoms with Crippen molar-refractivity contribution in [2.24, 2.45) is 10.1 Å². The van der Waals surface area contributed by atoms with Gasteiger partial charge in [-0.1, -0.05) is 18.2 Å². The lowest BCUT2D eigenvalue weighted by molar-refractivity contribution is 0.603. The van der Waals surface area contributed by atoms with Gasteiger partial charge in [0.2, 0.25) is 0 Å². The topological polar surface area (TPSA) is 75.8 Å². The van der Waals surface area contributed by atoms with E-state index in [9.17, 15) is 8.42 Å². The van der Waals surface area contributed by atoms with Crippen LogP contribution in [0.2, 0.25) is 0 Å². The third-order valence-corrected chi connectivity index (χ3v) is 4.65. The summed E-state index contributed by atoms with van der Waals surface area (Å²) < 4.78 is 26.9. The number of fused-ring (bicyclic) bond motifs is 1. The van der Waals surface area contributed by atoms with Gasteiger partial charge in [-0.15, -0.1) is 0 Å². The van der Waals surface area contributed by atoms with E-state index in [0.29, 0.717) is 6.54 Å². The van der Waals surface area contributed by atoms with Crippen LogP contribution in [0.4, 0.5) is 5.69 Å².